The fourth-order valence-electron chi connectivity index (χ4n) is 2.12. The SMILES string of the molecule is COc1cc(I)c(C(=O)NCCCSc2ccc(F)cc2)cc1OC. The van der Waals surface area contributed by atoms with Crippen LogP contribution in [0, 0.1) is 9.39 Å². The molecular weight excluding hydrogens is 456 g/mol. The highest BCUT2D eigenvalue weighted by atomic mass is 127. The molecule has 0 aliphatic carbocycles. The normalized spacial score (nSPS) is 10.4. The Balaban J connectivity index is 1.83. The number of halogens is 2. The molecule has 7 heteroatoms. The number of nitrogens with one attached hydrogen (secondary N) is 1. The summed E-state index contributed by atoms with van der Waals surface area (Å²) in [5, 5.41) is 2.91. The third kappa shape index (κ3) is 5.78. The van der Waals surface area contributed by atoms with Gasteiger partial charge in [-0.1, -0.05) is 0 Å². The van der Waals surface area contributed by atoms with Crippen molar-refractivity contribution in [1.82, 2.24) is 5.32 Å². The molecule has 0 heterocycles. The van der Waals surface area contributed by atoms with Gasteiger partial charge in [-0.15, -0.1) is 11.8 Å². The van der Waals surface area contributed by atoms with E-state index in [-0.39, 0.29) is 11.7 Å². The smallest absolute Gasteiger partial charge is 0.252 e. The van der Waals surface area contributed by atoms with Crippen molar-refractivity contribution in [2.24, 2.45) is 0 Å². The van der Waals surface area contributed by atoms with Gasteiger partial charge in [0, 0.05) is 15.0 Å². The number of ether oxygens (including phenoxy) is 2. The van der Waals surface area contributed by atoms with Gasteiger partial charge in [-0.2, -0.15) is 0 Å². The van der Waals surface area contributed by atoms with Crippen LogP contribution in [0.2, 0.25) is 0 Å². The van der Waals surface area contributed by atoms with Crippen LogP contribution < -0.4 is 14.8 Å². The fraction of sp³-hybridized carbons (Fsp3) is 0.278. The van der Waals surface area contributed by atoms with Crippen molar-refractivity contribution < 1.29 is 18.7 Å². The Morgan fingerprint density at radius 2 is 1.80 bits per heavy atom. The average molecular weight is 475 g/mol. The summed E-state index contributed by atoms with van der Waals surface area (Å²) < 4.78 is 24.1. The number of hydrogen-bond acceptors (Lipinski definition) is 4. The zero-order chi connectivity index (χ0) is 18.2. The number of thioether (sulfide) groups is 1. The van der Waals surface area contributed by atoms with Crippen molar-refractivity contribution in [3.63, 3.8) is 0 Å². The maximum Gasteiger partial charge on any atom is 0.252 e. The Labute approximate surface area is 164 Å². The molecule has 0 bridgehead atoms. The maximum absolute atomic E-state index is 12.8. The Bertz CT molecular complexity index is 725. The van der Waals surface area contributed by atoms with Crippen molar-refractivity contribution in [2.45, 2.75) is 11.3 Å². The first-order valence-electron chi connectivity index (χ1n) is 7.63. The van der Waals surface area contributed by atoms with E-state index in [1.54, 1.807) is 50.2 Å². The molecule has 0 aliphatic heterocycles. The lowest BCUT2D eigenvalue weighted by molar-refractivity contribution is 0.0952. The lowest BCUT2D eigenvalue weighted by Crippen LogP contribution is -2.25. The number of methoxy groups -OCH3 is 2. The van der Waals surface area contributed by atoms with Gasteiger partial charge < -0.3 is 14.8 Å². The first kappa shape index (κ1) is 19.8. The number of amides is 1. The maximum atomic E-state index is 12.8. The molecule has 0 radical (unpaired) electrons. The first-order valence-corrected chi connectivity index (χ1v) is 9.69. The molecule has 25 heavy (non-hydrogen) atoms. The van der Waals surface area contributed by atoms with E-state index in [2.05, 4.69) is 27.9 Å². The Kier molecular flexibility index (Phi) is 7.83. The van der Waals surface area contributed by atoms with Crippen molar-refractivity contribution >= 4 is 40.3 Å². The minimum absolute atomic E-state index is 0.142. The standard InChI is InChI=1S/C18H19FINO3S/c1-23-16-10-14(15(20)11-17(16)24-2)18(22)21-8-3-9-25-13-6-4-12(19)5-7-13/h4-7,10-11H,3,8-9H2,1-2H3,(H,21,22). The molecule has 1 N–H and O–H groups in total. The highest BCUT2D eigenvalue weighted by Gasteiger charge is 2.15. The van der Waals surface area contributed by atoms with Gasteiger partial charge in [-0.05, 0) is 71.2 Å². The number of hydrogen-bond donors (Lipinski definition) is 1. The quantitative estimate of drug-likeness (QED) is 0.350. The molecule has 2 aromatic carbocycles. The Morgan fingerprint density at radius 3 is 2.44 bits per heavy atom. The fourth-order valence-corrected chi connectivity index (χ4v) is 3.65. The van der Waals surface area contributed by atoms with Crippen LogP contribution in [0.1, 0.15) is 16.8 Å². The van der Waals surface area contributed by atoms with Crippen LogP contribution in [0.3, 0.4) is 0 Å². The number of carbonyl (C=O) groups excluding carboxylic acids is 1. The van der Waals surface area contributed by atoms with Gasteiger partial charge in [-0.3, -0.25) is 4.79 Å². The minimum Gasteiger partial charge on any atom is -0.493 e. The molecule has 2 rings (SSSR count). The zero-order valence-electron chi connectivity index (χ0n) is 14.0. The van der Waals surface area contributed by atoms with E-state index in [0.29, 0.717) is 23.6 Å². The van der Waals surface area contributed by atoms with E-state index in [9.17, 15) is 9.18 Å². The van der Waals surface area contributed by atoms with Gasteiger partial charge in [0.05, 0.1) is 19.8 Å². The van der Waals surface area contributed by atoms with Crippen LogP contribution in [0.4, 0.5) is 4.39 Å². The second-order valence-electron chi connectivity index (χ2n) is 5.10. The Hall–Kier alpha value is -1.48. The molecule has 1 amide bonds. The highest BCUT2D eigenvalue weighted by Crippen LogP contribution is 2.31. The van der Waals surface area contributed by atoms with Crippen LogP contribution in [0.5, 0.6) is 11.5 Å². The van der Waals surface area contributed by atoms with Gasteiger partial charge in [-0.25, -0.2) is 4.39 Å². The molecule has 4 nitrogen and oxygen atoms in total. The zero-order valence-corrected chi connectivity index (χ0v) is 16.9. The third-order valence-corrected chi connectivity index (χ3v) is 5.40. The van der Waals surface area contributed by atoms with E-state index in [4.69, 9.17) is 9.47 Å². The van der Waals surface area contributed by atoms with Gasteiger partial charge in [0.25, 0.3) is 5.91 Å². The summed E-state index contributed by atoms with van der Waals surface area (Å²) >= 11 is 3.74. The molecule has 0 aromatic heterocycles. The molecule has 0 atom stereocenters. The average Bonchev–Trinajstić information content (AvgIpc) is 2.62. The summed E-state index contributed by atoms with van der Waals surface area (Å²) in [5.41, 5.74) is 0.560. The summed E-state index contributed by atoms with van der Waals surface area (Å²) in [6.45, 7) is 0.567. The minimum atomic E-state index is -0.235. The van der Waals surface area contributed by atoms with Crippen LogP contribution in [-0.2, 0) is 0 Å². The molecule has 0 spiro atoms. The third-order valence-electron chi connectivity index (χ3n) is 3.41. The van der Waals surface area contributed by atoms with E-state index < -0.39 is 0 Å². The van der Waals surface area contributed by atoms with Crippen LogP contribution >= 0.6 is 34.4 Å². The second kappa shape index (κ2) is 9.86. The number of rotatable bonds is 8. The Morgan fingerprint density at radius 1 is 1.16 bits per heavy atom. The monoisotopic (exact) mass is 475 g/mol. The van der Waals surface area contributed by atoms with Gasteiger partial charge >= 0.3 is 0 Å². The molecule has 0 saturated heterocycles. The van der Waals surface area contributed by atoms with Gasteiger partial charge in [0.2, 0.25) is 0 Å². The van der Waals surface area contributed by atoms with E-state index in [0.717, 1.165) is 20.6 Å². The second-order valence-corrected chi connectivity index (χ2v) is 7.43. The summed E-state index contributed by atoms with van der Waals surface area (Å²) in [6.07, 6.45) is 0.817. The van der Waals surface area contributed by atoms with Crippen molar-refractivity contribution in [3.05, 3.63) is 51.3 Å². The summed E-state index contributed by atoms with van der Waals surface area (Å²) in [5.74, 6) is 1.59. The van der Waals surface area contributed by atoms with Crippen molar-refractivity contribution in [3.8, 4) is 11.5 Å². The molecular formula is C18H19FINO3S. The van der Waals surface area contributed by atoms with Crippen molar-refractivity contribution in [1.29, 1.82) is 0 Å². The molecule has 0 unspecified atom stereocenters. The van der Waals surface area contributed by atoms with Crippen LogP contribution in [-0.4, -0.2) is 32.4 Å². The van der Waals surface area contributed by atoms with E-state index in [1.807, 2.05) is 0 Å². The van der Waals surface area contributed by atoms with E-state index in [1.165, 1.54) is 12.1 Å². The van der Waals surface area contributed by atoms with Crippen LogP contribution in [0.25, 0.3) is 0 Å². The van der Waals surface area contributed by atoms with E-state index >= 15 is 0 Å². The van der Waals surface area contributed by atoms with Gasteiger partial charge in [0.15, 0.2) is 11.5 Å². The topological polar surface area (TPSA) is 47.6 Å². The molecule has 0 saturated carbocycles. The highest BCUT2D eigenvalue weighted by molar-refractivity contribution is 14.1. The predicted octanol–water partition coefficient (Wildman–Crippen LogP) is 4.36. The molecule has 2 aromatic rings. The van der Waals surface area contributed by atoms with Gasteiger partial charge in [0.1, 0.15) is 5.82 Å². The molecule has 0 aliphatic rings. The summed E-state index contributed by atoms with van der Waals surface area (Å²) in [4.78, 5) is 13.4. The lowest BCUT2D eigenvalue weighted by Gasteiger charge is -2.12. The molecule has 134 valence electrons. The summed E-state index contributed by atoms with van der Waals surface area (Å²) in [6, 6.07) is 9.86. The largest absolute Gasteiger partial charge is 0.493 e. The first-order chi connectivity index (χ1) is 12.0. The summed E-state index contributed by atoms with van der Waals surface area (Å²) in [7, 11) is 3.10. The predicted molar refractivity (Wildman–Crippen MR) is 106 cm³/mol. The number of carbonyl (C=O) groups is 1. The lowest BCUT2D eigenvalue weighted by atomic mass is 10.2. The van der Waals surface area contributed by atoms with Crippen molar-refractivity contribution in [2.75, 3.05) is 26.5 Å². The van der Waals surface area contributed by atoms with Crippen LogP contribution in [0.15, 0.2) is 41.3 Å². The number of benzene rings is 2. The molecule has 0 fully saturated rings.